The average Bonchev–Trinajstić information content (AvgIpc) is 2.56. The van der Waals surface area contributed by atoms with Crippen molar-refractivity contribution in [2.45, 2.75) is 38.6 Å². The fraction of sp³-hybridized carbons (Fsp3) is 0.350. The van der Waals surface area contributed by atoms with Gasteiger partial charge in [0.25, 0.3) is 5.91 Å². The van der Waals surface area contributed by atoms with Crippen molar-refractivity contribution in [2.75, 3.05) is 14.1 Å². The molecule has 1 amide bonds. The van der Waals surface area contributed by atoms with E-state index in [0.29, 0.717) is 11.1 Å². The van der Waals surface area contributed by atoms with Crippen molar-refractivity contribution in [3.63, 3.8) is 0 Å². The Labute approximate surface area is 156 Å². The second-order valence-corrected chi connectivity index (χ2v) is 8.88. The van der Waals surface area contributed by atoms with Crippen LogP contribution in [0.2, 0.25) is 0 Å². The highest BCUT2D eigenvalue weighted by Gasteiger charge is 2.23. The Morgan fingerprint density at radius 1 is 1.04 bits per heavy atom. The zero-order chi connectivity index (χ0) is 19.6. The maximum Gasteiger partial charge on any atom is 0.251 e. The summed E-state index contributed by atoms with van der Waals surface area (Å²) in [5.41, 5.74) is 3.89. The van der Waals surface area contributed by atoms with Gasteiger partial charge in [0, 0.05) is 19.7 Å². The first kappa shape index (κ1) is 20.1. The number of rotatable bonds is 5. The molecule has 0 aliphatic carbocycles. The van der Waals surface area contributed by atoms with Gasteiger partial charge in [-0.2, -0.15) is 0 Å². The maximum atomic E-state index is 12.7. The van der Waals surface area contributed by atoms with Crippen molar-refractivity contribution in [1.82, 2.24) is 9.62 Å². The molecule has 0 aliphatic rings. The summed E-state index contributed by atoms with van der Waals surface area (Å²) in [7, 11) is -0.654. The number of carbonyl (C=O) groups is 1. The molecule has 2 rings (SSSR count). The Bertz CT molecular complexity index is 934. The summed E-state index contributed by atoms with van der Waals surface area (Å²) in [6.45, 7) is 7.48. The van der Waals surface area contributed by atoms with E-state index >= 15 is 0 Å². The molecule has 0 fully saturated rings. The van der Waals surface area contributed by atoms with Crippen LogP contribution >= 0.6 is 0 Å². The largest absolute Gasteiger partial charge is 0.346 e. The second kappa shape index (κ2) is 7.60. The third-order valence-electron chi connectivity index (χ3n) is 4.64. The van der Waals surface area contributed by atoms with Crippen LogP contribution in [0.5, 0.6) is 0 Å². The molecule has 0 saturated heterocycles. The molecule has 0 heterocycles. The van der Waals surface area contributed by atoms with Gasteiger partial charge >= 0.3 is 0 Å². The van der Waals surface area contributed by atoms with Gasteiger partial charge < -0.3 is 5.32 Å². The van der Waals surface area contributed by atoms with E-state index in [-0.39, 0.29) is 16.8 Å². The lowest BCUT2D eigenvalue weighted by molar-refractivity contribution is 0.0939. The van der Waals surface area contributed by atoms with Gasteiger partial charge in [-0.3, -0.25) is 4.79 Å². The summed E-state index contributed by atoms with van der Waals surface area (Å²) in [6, 6.07) is 10.9. The highest BCUT2D eigenvalue weighted by Crippen LogP contribution is 2.24. The molecule has 0 bridgehead atoms. The average molecular weight is 375 g/mol. The van der Waals surface area contributed by atoms with Crippen LogP contribution < -0.4 is 5.32 Å². The van der Waals surface area contributed by atoms with Crippen LogP contribution in [0.4, 0.5) is 0 Å². The monoisotopic (exact) mass is 374 g/mol. The molecular formula is C20H26N2O3S. The van der Waals surface area contributed by atoms with Crippen molar-refractivity contribution in [1.29, 1.82) is 0 Å². The summed E-state index contributed by atoms with van der Waals surface area (Å²) >= 11 is 0. The van der Waals surface area contributed by atoms with E-state index in [0.717, 1.165) is 21.0 Å². The summed E-state index contributed by atoms with van der Waals surface area (Å²) in [4.78, 5) is 12.9. The van der Waals surface area contributed by atoms with E-state index in [1.807, 2.05) is 45.0 Å². The normalized spacial score (nSPS) is 12.9. The lowest BCUT2D eigenvalue weighted by Crippen LogP contribution is -2.28. The number of sulfonamides is 1. The summed E-state index contributed by atoms with van der Waals surface area (Å²) in [6.07, 6.45) is 0. The Hall–Kier alpha value is -2.18. The van der Waals surface area contributed by atoms with Crippen molar-refractivity contribution in [3.05, 3.63) is 64.2 Å². The number of hydrogen-bond acceptors (Lipinski definition) is 3. The quantitative estimate of drug-likeness (QED) is 0.873. The van der Waals surface area contributed by atoms with E-state index in [2.05, 4.69) is 5.32 Å². The van der Waals surface area contributed by atoms with Crippen LogP contribution in [0.1, 0.15) is 45.6 Å². The third-order valence-corrected chi connectivity index (χ3v) is 6.58. The molecule has 0 saturated carbocycles. The van der Waals surface area contributed by atoms with E-state index in [1.54, 1.807) is 13.0 Å². The lowest BCUT2D eigenvalue weighted by Gasteiger charge is -2.19. The van der Waals surface area contributed by atoms with Gasteiger partial charge in [-0.05, 0) is 62.1 Å². The standard InChI is InChI=1S/C20H26N2O3S/c1-13-9-7-8-10-18(13)16(4)21-20(23)17-11-14(2)15(3)19(12-17)26(24,25)22(5)6/h7-12,16H,1-6H3,(H,21,23)/t16-/m0/s1. The first-order chi connectivity index (χ1) is 12.1. The first-order valence-electron chi connectivity index (χ1n) is 8.46. The molecule has 0 aliphatic heterocycles. The Morgan fingerprint density at radius 2 is 1.65 bits per heavy atom. The minimum Gasteiger partial charge on any atom is -0.346 e. The molecule has 2 aromatic carbocycles. The number of nitrogens with one attached hydrogen (secondary N) is 1. The molecule has 0 aromatic heterocycles. The van der Waals surface area contributed by atoms with Gasteiger partial charge in [0.2, 0.25) is 10.0 Å². The molecule has 0 spiro atoms. The van der Waals surface area contributed by atoms with Gasteiger partial charge in [-0.25, -0.2) is 12.7 Å². The zero-order valence-electron chi connectivity index (χ0n) is 16.1. The maximum absolute atomic E-state index is 12.7. The molecule has 0 unspecified atom stereocenters. The molecule has 1 N–H and O–H groups in total. The smallest absolute Gasteiger partial charge is 0.251 e. The summed E-state index contributed by atoms with van der Waals surface area (Å²) in [5, 5.41) is 2.96. The molecule has 2 aromatic rings. The van der Waals surface area contributed by atoms with Gasteiger partial charge in [0.05, 0.1) is 10.9 Å². The SMILES string of the molecule is Cc1ccccc1[C@H](C)NC(=O)c1cc(C)c(C)c(S(=O)(=O)N(C)C)c1. The Kier molecular flexibility index (Phi) is 5.88. The van der Waals surface area contributed by atoms with Crippen LogP contribution in [0.25, 0.3) is 0 Å². The van der Waals surface area contributed by atoms with Gasteiger partial charge in [-0.15, -0.1) is 0 Å². The van der Waals surface area contributed by atoms with Crippen LogP contribution in [0, 0.1) is 20.8 Å². The predicted molar refractivity (Wildman–Crippen MR) is 104 cm³/mol. The van der Waals surface area contributed by atoms with Crippen LogP contribution in [-0.4, -0.2) is 32.7 Å². The molecule has 140 valence electrons. The minimum atomic E-state index is -3.62. The van der Waals surface area contributed by atoms with E-state index < -0.39 is 10.0 Å². The van der Waals surface area contributed by atoms with E-state index in [1.165, 1.54) is 20.2 Å². The highest BCUT2D eigenvalue weighted by atomic mass is 32.2. The van der Waals surface area contributed by atoms with Gasteiger partial charge in [0.15, 0.2) is 0 Å². The van der Waals surface area contributed by atoms with Gasteiger partial charge in [-0.1, -0.05) is 24.3 Å². The fourth-order valence-electron chi connectivity index (χ4n) is 2.85. The van der Waals surface area contributed by atoms with Crippen LogP contribution in [0.15, 0.2) is 41.3 Å². The third kappa shape index (κ3) is 3.97. The number of aryl methyl sites for hydroxylation is 2. The topological polar surface area (TPSA) is 66.5 Å². The van der Waals surface area contributed by atoms with Gasteiger partial charge in [0.1, 0.15) is 0 Å². The Morgan fingerprint density at radius 3 is 2.23 bits per heavy atom. The molecule has 1 atom stereocenters. The van der Waals surface area contributed by atoms with Crippen molar-refractivity contribution >= 4 is 15.9 Å². The van der Waals surface area contributed by atoms with Crippen LogP contribution in [0.3, 0.4) is 0 Å². The molecule has 26 heavy (non-hydrogen) atoms. The number of benzene rings is 2. The number of hydrogen-bond donors (Lipinski definition) is 1. The Balaban J connectivity index is 2.38. The first-order valence-corrected chi connectivity index (χ1v) is 9.90. The molecule has 5 nitrogen and oxygen atoms in total. The predicted octanol–water partition coefficient (Wildman–Crippen LogP) is 3.35. The summed E-state index contributed by atoms with van der Waals surface area (Å²) in [5.74, 6) is -0.293. The number of carbonyl (C=O) groups excluding carboxylic acids is 1. The molecule has 0 radical (unpaired) electrons. The molecular weight excluding hydrogens is 348 g/mol. The van der Waals surface area contributed by atoms with Crippen molar-refractivity contribution < 1.29 is 13.2 Å². The molecule has 6 heteroatoms. The highest BCUT2D eigenvalue weighted by molar-refractivity contribution is 7.89. The van der Waals surface area contributed by atoms with E-state index in [4.69, 9.17) is 0 Å². The lowest BCUT2D eigenvalue weighted by atomic mass is 10.0. The van der Waals surface area contributed by atoms with Crippen molar-refractivity contribution in [3.8, 4) is 0 Å². The zero-order valence-corrected chi connectivity index (χ0v) is 16.9. The number of amides is 1. The number of nitrogens with zero attached hydrogens (tertiary/aromatic N) is 1. The summed E-state index contributed by atoms with van der Waals surface area (Å²) < 4.78 is 26.3. The van der Waals surface area contributed by atoms with Crippen molar-refractivity contribution in [2.24, 2.45) is 0 Å². The second-order valence-electron chi connectivity index (χ2n) is 6.76. The fourth-order valence-corrected chi connectivity index (χ4v) is 4.07. The van der Waals surface area contributed by atoms with Crippen LogP contribution in [-0.2, 0) is 10.0 Å². The minimum absolute atomic E-state index is 0.163. The van der Waals surface area contributed by atoms with E-state index in [9.17, 15) is 13.2 Å².